The maximum atomic E-state index is 13.0. The van der Waals surface area contributed by atoms with Gasteiger partial charge in [0.1, 0.15) is 5.76 Å². The van der Waals surface area contributed by atoms with Crippen molar-refractivity contribution in [1.29, 1.82) is 0 Å². The van der Waals surface area contributed by atoms with Crippen molar-refractivity contribution in [2.75, 3.05) is 6.54 Å². The molecule has 1 heterocycles. The molecule has 0 spiro atoms. The second kappa shape index (κ2) is 9.55. The van der Waals surface area contributed by atoms with E-state index in [1.54, 1.807) is 6.20 Å². The van der Waals surface area contributed by atoms with Gasteiger partial charge in [0.2, 0.25) is 5.91 Å². The first-order valence-corrected chi connectivity index (χ1v) is 10.2. The maximum absolute atomic E-state index is 13.0. The molecule has 0 bridgehead atoms. The molecule has 0 saturated carbocycles. The SMILES string of the molecule is CC(C)(C)c1cnc(CCC(=O)N(CCc2ccccc2)Cc2ccccc2)o1. The highest BCUT2D eigenvalue weighted by molar-refractivity contribution is 5.76. The lowest BCUT2D eigenvalue weighted by Crippen LogP contribution is -2.32. The third-order valence-electron chi connectivity index (χ3n) is 4.93. The summed E-state index contributed by atoms with van der Waals surface area (Å²) < 4.78 is 5.84. The first kappa shape index (κ1) is 20.8. The van der Waals surface area contributed by atoms with Crippen LogP contribution in [0.15, 0.2) is 71.3 Å². The molecule has 0 unspecified atom stereocenters. The van der Waals surface area contributed by atoms with Crippen LogP contribution < -0.4 is 0 Å². The Kier molecular flexibility index (Phi) is 6.86. The van der Waals surface area contributed by atoms with Crippen LogP contribution in [0.4, 0.5) is 0 Å². The molecule has 4 nitrogen and oxygen atoms in total. The van der Waals surface area contributed by atoms with Crippen LogP contribution in [0.2, 0.25) is 0 Å². The largest absolute Gasteiger partial charge is 0.445 e. The van der Waals surface area contributed by atoms with Crippen LogP contribution in [0.1, 0.15) is 50.0 Å². The zero-order valence-corrected chi connectivity index (χ0v) is 17.6. The predicted molar refractivity (Wildman–Crippen MR) is 116 cm³/mol. The lowest BCUT2D eigenvalue weighted by Gasteiger charge is -2.23. The topological polar surface area (TPSA) is 46.3 Å². The molecule has 0 aliphatic rings. The number of nitrogens with zero attached hydrogens (tertiary/aromatic N) is 2. The number of oxazole rings is 1. The minimum absolute atomic E-state index is 0.0791. The van der Waals surface area contributed by atoms with Crippen LogP contribution in [-0.4, -0.2) is 22.3 Å². The van der Waals surface area contributed by atoms with Crippen LogP contribution in [-0.2, 0) is 29.6 Å². The molecule has 3 rings (SSSR count). The molecule has 4 heteroatoms. The zero-order chi connectivity index (χ0) is 20.7. The van der Waals surface area contributed by atoms with Crippen LogP contribution in [0, 0.1) is 0 Å². The molecule has 2 aromatic carbocycles. The molecule has 0 atom stereocenters. The Balaban J connectivity index is 1.63. The van der Waals surface area contributed by atoms with E-state index < -0.39 is 0 Å². The van der Waals surface area contributed by atoms with Crippen molar-refractivity contribution in [2.24, 2.45) is 0 Å². The number of carbonyl (C=O) groups is 1. The number of aromatic nitrogens is 1. The van der Waals surface area contributed by atoms with Gasteiger partial charge in [0.25, 0.3) is 0 Å². The van der Waals surface area contributed by atoms with Crippen molar-refractivity contribution < 1.29 is 9.21 Å². The summed E-state index contributed by atoms with van der Waals surface area (Å²) in [5.41, 5.74) is 2.30. The highest BCUT2D eigenvalue weighted by Crippen LogP contribution is 2.23. The maximum Gasteiger partial charge on any atom is 0.223 e. The Labute approximate surface area is 173 Å². The fraction of sp³-hybridized carbons (Fsp3) is 0.360. The summed E-state index contributed by atoms with van der Waals surface area (Å²) in [6.45, 7) is 7.58. The van der Waals surface area contributed by atoms with E-state index in [9.17, 15) is 4.79 Å². The number of hydrogen-bond acceptors (Lipinski definition) is 3. The molecule has 0 fully saturated rings. The molecular formula is C25H30N2O2. The molecule has 0 aliphatic carbocycles. The highest BCUT2D eigenvalue weighted by atomic mass is 16.4. The molecule has 0 N–H and O–H groups in total. The van der Waals surface area contributed by atoms with Gasteiger partial charge < -0.3 is 9.32 Å². The van der Waals surface area contributed by atoms with Crippen LogP contribution in [0.5, 0.6) is 0 Å². The van der Waals surface area contributed by atoms with E-state index in [0.717, 1.165) is 17.7 Å². The molecule has 152 valence electrons. The van der Waals surface area contributed by atoms with Gasteiger partial charge in [0.05, 0.1) is 6.20 Å². The summed E-state index contributed by atoms with van der Waals surface area (Å²) in [6, 6.07) is 20.4. The zero-order valence-electron chi connectivity index (χ0n) is 17.6. The first-order valence-electron chi connectivity index (χ1n) is 10.2. The fourth-order valence-corrected chi connectivity index (χ4v) is 3.15. The number of aryl methyl sites for hydroxylation is 1. The molecule has 1 aromatic heterocycles. The van der Waals surface area contributed by atoms with Crippen molar-refractivity contribution >= 4 is 5.91 Å². The molecular weight excluding hydrogens is 360 g/mol. The number of carbonyl (C=O) groups excluding carboxylic acids is 1. The van der Waals surface area contributed by atoms with Crippen LogP contribution in [0.25, 0.3) is 0 Å². The van der Waals surface area contributed by atoms with Gasteiger partial charge >= 0.3 is 0 Å². The monoisotopic (exact) mass is 390 g/mol. The lowest BCUT2D eigenvalue weighted by atomic mass is 9.94. The summed E-state index contributed by atoms with van der Waals surface area (Å²) in [7, 11) is 0. The quantitative estimate of drug-likeness (QED) is 0.533. The van der Waals surface area contributed by atoms with E-state index in [4.69, 9.17) is 4.42 Å². The van der Waals surface area contributed by atoms with Gasteiger partial charge in [-0.1, -0.05) is 81.4 Å². The third kappa shape index (κ3) is 6.31. The second-order valence-electron chi connectivity index (χ2n) is 8.40. The summed E-state index contributed by atoms with van der Waals surface area (Å²) in [5, 5.41) is 0. The van der Waals surface area contributed by atoms with Crippen molar-refractivity contribution in [3.63, 3.8) is 0 Å². The van der Waals surface area contributed by atoms with E-state index in [1.165, 1.54) is 5.56 Å². The normalized spacial score (nSPS) is 11.4. The Morgan fingerprint density at radius 1 is 0.931 bits per heavy atom. The average Bonchev–Trinajstić information content (AvgIpc) is 3.20. The summed E-state index contributed by atoms with van der Waals surface area (Å²) in [6.07, 6.45) is 3.53. The van der Waals surface area contributed by atoms with E-state index in [1.807, 2.05) is 41.3 Å². The molecule has 0 radical (unpaired) electrons. The van der Waals surface area contributed by atoms with Crippen molar-refractivity contribution in [1.82, 2.24) is 9.88 Å². The fourth-order valence-electron chi connectivity index (χ4n) is 3.15. The standard InChI is InChI=1S/C25H30N2O2/c1-25(2,3)22-18-26-23(29-22)14-15-24(28)27(19-21-12-8-5-9-13-21)17-16-20-10-6-4-7-11-20/h4-13,18H,14-17,19H2,1-3H3. The summed E-state index contributed by atoms with van der Waals surface area (Å²) in [5.74, 6) is 1.61. The van der Waals surface area contributed by atoms with Gasteiger partial charge in [0, 0.05) is 31.3 Å². The van der Waals surface area contributed by atoms with Gasteiger partial charge in [-0.15, -0.1) is 0 Å². The third-order valence-corrected chi connectivity index (χ3v) is 4.93. The minimum Gasteiger partial charge on any atom is -0.445 e. The Bertz CT molecular complexity index is 895. The second-order valence-corrected chi connectivity index (χ2v) is 8.40. The number of benzene rings is 2. The molecule has 3 aromatic rings. The average molecular weight is 391 g/mol. The highest BCUT2D eigenvalue weighted by Gasteiger charge is 2.20. The lowest BCUT2D eigenvalue weighted by molar-refractivity contribution is -0.131. The summed E-state index contributed by atoms with van der Waals surface area (Å²) >= 11 is 0. The Morgan fingerprint density at radius 2 is 1.55 bits per heavy atom. The van der Waals surface area contributed by atoms with Crippen LogP contribution in [0.3, 0.4) is 0 Å². The van der Waals surface area contributed by atoms with Gasteiger partial charge in [-0.05, 0) is 17.5 Å². The van der Waals surface area contributed by atoms with E-state index >= 15 is 0 Å². The summed E-state index contributed by atoms with van der Waals surface area (Å²) in [4.78, 5) is 19.3. The molecule has 0 aliphatic heterocycles. The Morgan fingerprint density at radius 3 is 2.14 bits per heavy atom. The van der Waals surface area contributed by atoms with Crippen molar-refractivity contribution in [2.45, 2.75) is 52.0 Å². The first-order chi connectivity index (χ1) is 13.9. The van der Waals surface area contributed by atoms with E-state index in [0.29, 0.717) is 31.8 Å². The Hall–Kier alpha value is -2.88. The number of amides is 1. The van der Waals surface area contributed by atoms with E-state index in [2.05, 4.69) is 50.0 Å². The smallest absolute Gasteiger partial charge is 0.223 e. The van der Waals surface area contributed by atoms with Gasteiger partial charge in [-0.3, -0.25) is 4.79 Å². The van der Waals surface area contributed by atoms with Gasteiger partial charge in [-0.25, -0.2) is 4.98 Å². The molecule has 0 saturated heterocycles. The van der Waals surface area contributed by atoms with Crippen molar-refractivity contribution in [3.8, 4) is 0 Å². The van der Waals surface area contributed by atoms with Gasteiger partial charge in [-0.2, -0.15) is 0 Å². The molecule has 29 heavy (non-hydrogen) atoms. The predicted octanol–water partition coefficient (Wildman–Crippen LogP) is 5.18. The number of hydrogen-bond donors (Lipinski definition) is 0. The minimum atomic E-state index is -0.0791. The number of rotatable bonds is 8. The van der Waals surface area contributed by atoms with Crippen LogP contribution >= 0.6 is 0 Å². The van der Waals surface area contributed by atoms with E-state index in [-0.39, 0.29) is 11.3 Å². The van der Waals surface area contributed by atoms with Crippen molar-refractivity contribution in [3.05, 3.63) is 89.6 Å². The van der Waals surface area contributed by atoms with Gasteiger partial charge in [0.15, 0.2) is 5.89 Å². The molecule has 1 amide bonds.